The van der Waals surface area contributed by atoms with Crippen molar-refractivity contribution >= 4 is 33.2 Å². The van der Waals surface area contributed by atoms with Crippen LogP contribution < -0.4 is 10.9 Å². The van der Waals surface area contributed by atoms with E-state index in [9.17, 15) is 14.9 Å². The van der Waals surface area contributed by atoms with Crippen LogP contribution in [-0.2, 0) is 5.41 Å². The van der Waals surface area contributed by atoms with Crippen LogP contribution in [0.2, 0.25) is 0 Å². The average molecular weight is 352 g/mol. The minimum atomic E-state index is -0.706. The number of rotatable bonds is 2. The Morgan fingerprint density at radius 3 is 2.68 bits per heavy atom. The fourth-order valence-electron chi connectivity index (χ4n) is 2.50. The molecule has 3 aromatic rings. The van der Waals surface area contributed by atoms with Gasteiger partial charge in [-0.25, -0.2) is 4.79 Å². The number of nitrogens with one attached hydrogen (secondary N) is 1. The summed E-state index contributed by atoms with van der Waals surface area (Å²) < 4.78 is 5.19. The molecule has 0 spiro atoms. The number of carbonyl (C=O) groups excluding carboxylic acids is 1. The number of anilines is 1. The van der Waals surface area contributed by atoms with Gasteiger partial charge in [0.2, 0.25) is 0 Å². The summed E-state index contributed by atoms with van der Waals surface area (Å²) in [6, 6.07) is 10.6. The third kappa shape index (κ3) is 3.19. The highest BCUT2D eigenvalue weighted by Crippen LogP contribution is 2.35. The van der Waals surface area contributed by atoms with E-state index in [1.54, 1.807) is 24.3 Å². The van der Waals surface area contributed by atoms with E-state index >= 15 is 0 Å². The molecule has 1 amide bonds. The molecular weight excluding hydrogens is 336 g/mol. The molecule has 0 atom stereocenters. The van der Waals surface area contributed by atoms with Crippen LogP contribution in [0.5, 0.6) is 0 Å². The zero-order chi connectivity index (χ0) is 18.2. The average Bonchev–Trinajstić information content (AvgIpc) is 2.96. The van der Waals surface area contributed by atoms with Crippen LogP contribution in [0.15, 0.2) is 44.9 Å². The van der Waals surface area contributed by atoms with Crippen LogP contribution in [-0.4, -0.2) is 5.91 Å². The molecule has 126 valence electrons. The summed E-state index contributed by atoms with van der Waals surface area (Å²) in [7, 11) is 0. The highest BCUT2D eigenvalue weighted by atomic mass is 32.1. The highest BCUT2D eigenvalue weighted by molar-refractivity contribution is 7.14. The smallest absolute Gasteiger partial charge is 0.349 e. The van der Waals surface area contributed by atoms with Gasteiger partial charge in [0.05, 0.1) is 5.56 Å². The first-order valence-corrected chi connectivity index (χ1v) is 8.55. The molecule has 0 aliphatic carbocycles. The Hall–Kier alpha value is -2.91. The van der Waals surface area contributed by atoms with Gasteiger partial charge in [-0.05, 0) is 28.5 Å². The summed E-state index contributed by atoms with van der Waals surface area (Å²) in [5.41, 5.74) is 0.701. The first kappa shape index (κ1) is 16.9. The maximum Gasteiger partial charge on any atom is 0.349 e. The number of nitriles is 1. The van der Waals surface area contributed by atoms with E-state index in [2.05, 4.69) is 11.4 Å². The van der Waals surface area contributed by atoms with Crippen LogP contribution >= 0.6 is 11.3 Å². The third-order valence-corrected chi connectivity index (χ3v) is 4.72. The lowest BCUT2D eigenvalue weighted by Gasteiger charge is -2.17. The lowest BCUT2D eigenvalue weighted by Crippen LogP contribution is -2.21. The molecule has 0 saturated carbocycles. The molecule has 0 radical (unpaired) electrons. The zero-order valence-electron chi connectivity index (χ0n) is 14.0. The summed E-state index contributed by atoms with van der Waals surface area (Å²) in [6.45, 7) is 6.00. The van der Waals surface area contributed by atoms with Gasteiger partial charge in [0.15, 0.2) is 0 Å². The number of hydrogen-bond acceptors (Lipinski definition) is 5. The lowest BCUT2D eigenvalue weighted by atomic mass is 9.86. The molecule has 6 heteroatoms. The Kier molecular flexibility index (Phi) is 4.19. The molecule has 0 aliphatic heterocycles. The topological polar surface area (TPSA) is 83.1 Å². The number of nitrogens with zero attached hydrogens (tertiary/aromatic N) is 1. The van der Waals surface area contributed by atoms with Crippen molar-refractivity contribution in [3.05, 3.63) is 62.8 Å². The quantitative estimate of drug-likeness (QED) is 0.698. The van der Waals surface area contributed by atoms with Gasteiger partial charge >= 0.3 is 5.63 Å². The normalized spacial score (nSPS) is 11.3. The fourth-order valence-corrected chi connectivity index (χ4v) is 3.64. The van der Waals surface area contributed by atoms with Crippen LogP contribution in [0.4, 0.5) is 5.00 Å². The Morgan fingerprint density at radius 2 is 2.00 bits per heavy atom. The molecule has 0 aliphatic rings. The van der Waals surface area contributed by atoms with Gasteiger partial charge in [0.25, 0.3) is 5.91 Å². The third-order valence-electron chi connectivity index (χ3n) is 3.82. The Bertz CT molecular complexity index is 1060. The van der Waals surface area contributed by atoms with E-state index in [0.717, 1.165) is 5.56 Å². The van der Waals surface area contributed by atoms with E-state index in [0.29, 0.717) is 21.5 Å². The Labute approximate surface area is 148 Å². The minimum absolute atomic E-state index is 0.0895. The Balaban J connectivity index is 1.99. The Morgan fingerprint density at radius 1 is 1.28 bits per heavy atom. The number of para-hydroxylation sites is 1. The number of benzene rings is 1. The molecule has 25 heavy (non-hydrogen) atoms. The van der Waals surface area contributed by atoms with E-state index in [4.69, 9.17) is 4.42 Å². The van der Waals surface area contributed by atoms with Crippen molar-refractivity contribution in [2.45, 2.75) is 26.2 Å². The predicted octanol–water partition coefficient (Wildman–Crippen LogP) is 4.28. The number of hydrogen-bond donors (Lipinski definition) is 1. The second-order valence-electron chi connectivity index (χ2n) is 6.65. The van der Waals surface area contributed by atoms with E-state index in [1.807, 2.05) is 26.2 Å². The molecule has 0 bridgehead atoms. The number of thiophene rings is 1. The van der Waals surface area contributed by atoms with Crippen molar-refractivity contribution in [2.24, 2.45) is 0 Å². The first-order valence-electron chi connectivity index (χ1n) is 7.67. The second kappa shape index (κ2) is 6.19. The summed E-state index contributed by atoms with van der Waals surface area (Å²) in [5, 5.41) is 15.1. The van der Waals surface area contributed by atoms with E-state index < -0.39 is 11.5 Å². The molecule has 5 nitrogen and oxygen atoms in total. The van der Waals surface area contributed by atoms with Crippen molar-refractivity contribution in [3.63, 3.8) is 0 Å². The first-order chi connectivity index (χ1) is 11.8. The summed E-state index contributed by atoms with van der Waals surface area (Å²) in [6.07, 6.45) is 0. The predicted molar refractivity (Wildman–Crippen MR) is 98.2 cm³/mol. The molecule has 1 aromatic carbocycles. The van der Waals surface area contributed by atoms with Crippen molar-refractivity contribution in [1.29, 1.82) is 5.26 Å². The van der Waals surface area contributed by atoms with Gasteiger partial charge in [-0.3, -0.25) is 4.79 Å². The van der Waals surface area contributed by atoms with Gasteiger partial charge in [-0.15, -0.1) is 11.3 Å². The number of amides is 1. The summed E-state index contributed by atoms with van der Waals surface area (Å²) in [5.74, 6) is -0.585. The van der Waals surface area contributed by atoms with Crippen LogP contribution in [0.25, 0.3) is 11.0 Å². The van der Waals surface area contributed by atoms with Gasteiger partial charge in [0.1, 0.15) is 22.2 Å². The van der Waals surface area contributed by atoms with Crippen LogP contribution in [0, 0.1) is 11.3 Å². The molecule has 0 unspecified atom stereocenters. The molecular formula is C19H16N2O3S. The number of fused-ring (bicyclic) bond motifs is 1. The van der Waals surface area contributed by atoms with Crippen molar-refractivity contribution in [2.75, 3.05) is 5.32 Å². The SMILES string of the molecule is CC(C)(C)c1csc(NC(=O)c2cc3ccccc3oc2=O)c1C#N. The largest absolute Gasteiger partial charge is 0.422 e. The molecule has 1 N–H and O–H groups in total. The lowest BCUT2D eigenvalue weighted by molar-refractivity contribution is 0.102. The van der Waals surface area contributed by atoms with Crippen molar-refractivity contribution in [1.82, 2.24) is 0 Å². The molecule has 2 heterocycles. The maximum absolute atomic E-state index is 12.5. The van der Waals surface area contributed by atoms with Gasteiger partial charge in [-0.2, -0.15) is 5.26 Å². The van der Waals surface area contributed by atoms with Gasteiger partial charge in [0, 0.05) is 5.39 Å². The highest BCUT2D eigenvalue weighted by Gasteiger charge is 2.24. The van der Waals surface area contributed by atoms with Crippen molar-refractivity contribution in [3.8, 4) is 6.07 Å². The van der Waals surface area contributed by atoms with Gasteiger partial charge in [-0.1, -0.05) is 39.0 Å². The van der Waals surface area contributed by atoms with Crippen LogP contribution in [0.3, 0.4) is 0 Å². The summed E-state index contributed by atoms with van der Waals surface area (Å²) >= 11 is 1.27. The zero-order valence-corrected chi connectivity index (χ0v) is 14.9. The number of carbonyl (C=O) groups is 1. The summed E-state index contributed by atoms with van der Waals surface area (Å²) in [4.78, 5) is 24.6. The fraction of sp³-hybridized carbons (Fsp3) is 0.211. The standard InChI is InChI=1S/C19H16N2O3S/c1-19(2,3)14-10-25-17(13(14)9-20)21-16(22)12-8-11-6-4-5-7-15(11)24-18(12)23/h4-8,10H,1-3H3,(H,21,22). The molecule has 3 rings (SSSR count). The van der Waals surface area contributed by atoms with E-state index in [-0.39, 0.29) is 11.0 Å². The second-order valence-corrected chi connectivity index (χ2v) is 7.53. The molecule has 0 fully saturated rings. The monoisotopic (exact) mass is 352 g/mol. The maximum atomic E-state index is 12.5. The molecule has 0 saturated heterocycles. The van der Waals surface area contributed by atoms with Crippen molar-refractivity contribution < 1.29 is 9.21 Å². The molecule has 2 aromatic heterocycles. The minimum Gasteiger partial charge on any atom is -0.422 e. The van der Waals surface area contributed by atoms with Crippen LogP contribution in [0.1, 0.15) is 42.3 Å². The van der Waals surface area contributed by atoms with E-state index in [1.165, 1.54) is 17.4 Å². The van der Waals surface area contributed by atoms with Gasteiger partial charge < -0.3 is 9.73 Å².